The van der Waals surface area contributed by atoms with Crippen molar-refractivity contribution in [3.05, 3.63) is 63.6 Å². The number of ether oxygens (including phenoxy) is 1. The van der Waals surface area contributed by atoms with Crippen molar-refractivity contribution in [2.24, 2.45) is 0 Å². The molecule has 1 aliphatic rings. The van der Waals surface area contributed by atoms with Gasteiger partial charge in [0.2, 0.25) is 0 Å². The minimum atomic E-state index is -0.332. The number of imide groups is 1. The van der Waals surface area contributed by atoms with E-state index in [0.717, 1.165) is 4.90 Å². The van der Waals surface area contributed by atoms with Gasteiger partial charge in [0.15, 0.2) is 0 Å². The predicted octanol–water partition coefficient (Wildman–Crippen LogP) is 4.00. The second kappa shape index (κ2) is 7.39. The first-order valence-corrected chi connectivity index (χ1v) is 8.48. The number of thiocarbonyl (C=S) groups is 1. The third kappa shape index (κ3) is 3.76. The Balaban J connectivity index is 1.55. The van der Waals surface area contributed by atoms with Crippen LogP contribution < -0.4 is 5.32 Å². The molecule has 0 bridgehead atoms. The Morgan fingerprint density at radius 2 is 1.72 bits per heavy atom. The van der Waals surface area contributed by atoms with Crippen LogP contribution in [0.25, 0.3) is 0 Å². The van der Waals surface area contributed by atoms with Gasteiger partial charge in [-0.3, -0.25) is 14.5 Å². The Morgan fingerprint density at radius 1 is 1.08 bits per heavy atom. The van der Waals surface area contributed by atoms with Gasteiger partial charge < -0.3 is 10.1 Å². The van der Waals surface area contributed by atoms with E-state index in [2.05, 4.69) is 5.32 Å². The van der Waals surface area contributed by atoms with Gasteiger partial charge >= 0.3 is 0 Å². The third-order valence-corrected chi connectivity index (χ3v) is 4.38. The van der Waals surface area contributed by atoms with Crippen molar-refractivity contribution in [3.63, 3.8) is 0 Å². The van der Waals surface area contributed by atoms with E-state index in [1.165, 1.54) is 0 Å². The molecule has 0 saturated heterocycles. The summed E-state index contributed by atoms with van der Waals surface area (Å²) in [5.74, 6) is -0.665. The molecular formula is C17H12Cl2N2O3S. The quantitative estimate of drug-likeness (QED) is 0.627. The van der Waals surface area contributed by atoms with E-state index < -0.39 is 0 Å². The molecule has 1 heterocycles. The largest absolute Gasteiger partial charge is 0.469 e. The average Bonchev–Trinajstić information content (AvgIpc) is 2.83. The topological polar surface area (TPSA) is 58.6 Å². The fourth-order valence-corrected chi connectivity index (χ4v) is 2.94. The summed E-state index contributed by atoms with van der Waals surface area (Å²) in [4.78, 5) is 25.6. The van der Waals surface area contributed by atoms with E-state index in [9.17, 15) is 9.59 Å². The number of nitrogens with zero attached hydrogens (tertiary/aromatic N) is 1. The monoisotopic (exact) mass is 394 g/mol. The standard InChI is InChI=1S/C17H12Cl2N2O3S/c18-10-5-6-13(19)14(9-10)20-17(25)24-8-7-21-15(22)11-3-1-2-4-12(11)16(21)23/h1-6,9H,7-8H2,(H,20,25). The molecule has 0 aromatic heterocycles. The highest BCUT2D eigenvalue weighted by Crippen LogP contribution is 2.25. The Bertz CT molecular complexity index is 838. The van der Waals surface area contributed by atoms with Crippen molar-refractivity contribution in [2.45, 2.75) is 0 Å². The summed E-state index contributed by atoms with van der Waals surface area (Å²) in [5.41, 5.74) is 1.32. The lowest BCUT2D eigenvalue weighted by Gasteiger charge is -2.15. The molecule has 1 N–H and O–H groups in total. The molecule has 8 heteroatoms. The van der Waals surface area contributed by atoms with Gasteiger partial charge in [0.25, 0.3) is 17.0 Å². The van der Waals surface area contributed by atoms with Gasteiger partial charge in [-0.25, -0.2) is 0 Å². The van der Waals surface area contributed by atoms with Crippen molar-refractivity contribution in [1.29, 1.82) is 0 Å². The number of hydrogen-bond acceptors (Lipinski definition) is 4. The number of rotatable bonds is 4. The van der Waals surface area contributed by atoms with Crippen LogP contribution >= 0.6 is 35.4 Å². The summed E-state index contributed by atoms with van der Waals surface area (Å²) in [5, 5.41) is 3.83. The number of hydrogen-bond donors (Lipinski definition) is 1. The van der Waals surface area contributed by atoms with E-state index in [-0.39, 0.29) is 30.1 Å². The second-order valence-corrected chi connectivity index (χ2v) is 6.41. The highest BCUT2D eigenvalue weighted by Gasteiger charge is 2.34. The lowest BCUT2D eigenvalue weighted by molar-refractivity contribution is 0.0629. The summed E-state index contributed by atoms with van der Waals surface area (Å²) < 4.78 is 5.37. The summed E-state index contributed by atoms with van der Waals surface area (Å²) in [7, 11) is 0. The molecule has 0 spiro atoms. The average molecular weight is 395 g/mol. The molecule has 0 radical (unpaired) electrons. The highest BCUT2D eigenvalue weighted by atomic mass is 35.5. The number of carbonyl (C=O) groups excluding carboxylic acids is 2. The minimum absolute atomic E-state index is 0.0650. The normalized spacial score (nSPS) is 13.0. The molecule has 0 unspecified atom stereocenters. The van der Waals surface area contributed by atoms with Gasteiger partial charge in [0, 0.05) is 5.02 Å². The molecule has 0 atom stereocenters. The van der Waals surface area contributed by atoms with Crippen molar-refractivity contribution in [2.75, 3.05) is 18.5 Å². The van der Waals surface area contributed by atoms with Crippen LogP contribution in [0.5, 0.6) is 0 Å². The Kier molecular flexibility index (Phi) is 5.22. The van der Waals surface area contributed by atoms with E-state index >= 15 is 0 Å². The van der Waals surface area contributed by atoms with Crippen LogP contribution in [0.3, 0.4) is 0 Å². The lowest BCUT2D eigenvalue weighted by atomic mass is 10.1. The van der Waals surface area contributed by atoms with Crippen molar-refractivity contribution in [3.8, 4) is 0 Å². The fraction of sp³-hybridized carbons (Fsp3) is 0.118. The first-order chi connectivity index (χ1) is 12.0. The second-order valence-electron chi connectivity index (χ2n) is 5.19. The smallest absolute Gasteiger partial charge is 0.261 e. The molecule has 25 heavy (non-hydrogen) atoms. The number of nitrogens with one attached hydrogen (secondary N) is 1. The van der Waals surface area contributed by atoms with Gasteiger partial charge in [0.05, 0.1) is 28.4 Å². The summed E-state index contributed by atoms with van der Waals surface area (Å²) in [6.45, 7) is 0.160. The maximum Gasteiger partial charge on any atom is 0.261 e. The molecule has 0 saturated carbocycles. The Morgan fingerprint density at radius 3 is 2.36 bits per heavy atom. The van der Waals surface area contributed by atoms with Gasteiger partial charge in [-0.2, -0.15) is 0 Å². The SMILES string of the molecule is O=C1c2ccccc2C(=O)N1CCOC(=S)Nc1cc(Cl)ccc1Cl. The van der Waals surface area contributed by atoms with Crippen molar-refractivity contribution in [1.82, 2.24) is 4.90 Å². The summed E-state index contributed by atoms with van der Waals surface area (Å²) in [6.07, 6.45) is 0. The van der Waals surface area contributed by atoms with E-state index in [0.29, 0.717) is 26.9 Å². The van der Waals surface area contributed by atoms with Gasteiger partial charge in [0.1, 0.15) is 6.61 Å². The number of halogens is 2. The van der Waals surface area contributed by atoms with Crippen LogP contribution in [0, 0.1) is 0 Å². The van der Waals surface area contributed by atoms with E-state index in [1.807, 2.05) is 0 Å². The number of carbonyl (C=O) groups is 2. The van der Waals surface area contributed by atoms with Crippen molar-refractivity contribution < 1.29 is 14.3 Å². The number of benzene rings is 2. The van der Waals surface area contributed by atoms with Crippen LogP contribution in [0.2, 0.25) is 10.0 Å². The Labute approximate surface area is 159 Å². The predicted molar refractivity (Wildman–Crippen MR) is 100 cm³/mol. The number of fused-ring (bicyclic) bond motifs is 1. The van der Waals surface area contributed by atoms with E-state index in [1.54, 1.807) is 42.5 Å². The summed E-state index contributed by atoms with van der Waals surface area (Å²) >= 11 is 17.0. The first kappa shape index (κ1) is 17.7. The van der Waals surface area contributed by atoms with Crippen molar-refractivity contribution >= 4 is 58.1 Å². The number of anilines is 1. The zero-order valence-corrected chi connectivity index (χ0v) is 15.1. The molecule has 3 rings (SSSR count). The zero-order valence-electron chi connectivity index (χ0n) is 12.8. The van der Waals surface area contributed by atoms with Crippen LogP contribution in [-0.4, -0.2) is 35.0 Å². The molecule has 2 aromatic rings. The molecule has 1 aliphatic heterocycles. The number of amides is 2. The third-order valence-electron chi connectivity index (χ3n) is 3.59. The van der Waals surface area contributed by atoms with Gasteiger partial charge in [-0.05, 0) is 42.5 Å². The Hall–Kier alpha value is -2.15. The molecule has 2 amide bonds. The van der Waals surface area contributed by atoms with Crippen LogP contribution in [0.4, 0.5) is 5.69 Å². The van der Waals surface area contributed by atoms with Gasteiger partial charge in [-0.1, -0.05) is 35.3 Å². The molecule has 0 aliphatic carbocycles. The maximum absolute atomic E-state index is 12.2. The highest BCUT2D eigenvalue weighted by molar-refractivity contribution is 7.80. The summed E-state index contributed by atoms with van der Waals surface area (Å²) in [6, 6.07) is 11.6. The zero-order chi connectivity index (χ0) is 18.0. The molecule has 0 fully saturated rings. The molecule has 128 valence electrons. The fourth-order valence-electron chi connectivity index (χ4n) is 2.41. The van der Waals surface area contributed by atoms with Crippen LogP contribution in [-0.2, 0) is 4.74 Å². The minimum Gasteiger partial charge on any atom is -0.469 e. The van der Waals surface area contributed by atoms with E-state index in [4.69, 9.17) is 40.2 Å². The molecule has 5 nitrogen and oxygen atoms in total. The van der Waals surface area contributed by atoms with Gasteiger partial charge in [-0.15, -0.1) is 0 Å². The van der Waals surface area contributed by atoms with Crippen LogP contribution in [0.15, 0.2) is 42.5 Å². The maximum atomic E-state index is 12.2. The lowest BCUT2D eigenvalue weighted by Crippen LogP contribution is -2.33. The first-order valence-electron chi connectivity index (χ1n) is 7.31. The molecule has 2 aromatic carbocycles. The van der Waals surface area contributed by atoms with Crippen LogP contribution in [0.1, 0.15) is 20.7 Å². The molecular weight excluding hydrogens is 383 g/mol.